The Morgan fingerprint density at radius 3 is 1.55 bits per heavy atom. The van der Waals surface area contributed by atoms with Gasteiger partial charge in [-0.15, -0.1) is 0 Å². The first-order valence-corrected chi connectivity index (χ1v) is 12.2. The number of aliphatic hydroxyl groups excluding tert-OH is 6. The minimum Gasteiger partial charge on any atom is -0.493 e. The molecule has 0 aromatic rings. The van der Waals surface area contributed by atoms with Gasteiger partial charge in [-0.05, 0) is 12.5 Å². The third kappa shape index (κ3) is 11.3. The number of hydrogen-bond acceptors (Lipinski definition) is 13. The van der Waals surface area contributed by atoms with Crippen molar-refractivity contribution in [3.63, 3.8) is 0 Å². The number of fused-ring (bicyclic) bond motifs is 2. The van der Waals surface area contributed by atoms with Crippen LogP contribution in [0.25, 0.3) is 0 Å². The maximum atomic E-state index is 9.29. The fourth-order valence-corrected chi connectivity index (χ4v) is 3.95. The molecule has 5 heterocycles. The highest BCUT2D eigenvalue weighted by Crippen LogP contribution is 2.28. The minimum absolute atomic E-state index is 0. The molecular weight excluding hydrogens is 508 g/mol. The topological polar surface area (TPSA) is 186 Å². The summed E-state index contributed by atoms with van der Waals surface area (Å²) in [4.78, 5) is 0. The van der Waals surface area contributed by atoms with Crippen LogP contribution in [-0.2, 0) is 33.2 Å². The van der Waals surface area contributed by atoms with Crippen LogP contribution >= 0.6 is 0 Å². The van der Waals surface area contributed by atoms with Crippen LogP contribution in [0.3, 0.4) is 0 Å². The van der Waals surface area contributed by atoms with Crippen molar-refractivity contribution in [3.8, 4) is 0 Å². The Bertz CT molecular complexity index is 596. The summed E-state index contributed by atoms with van der Waals surface area (Å²) >= 11 is 0. The molecule has 0 spiro atoms. The van der Waals surface area contributed by atoms with Crippen LogP contribution in [0.5, 0.6) is 0 Å². The predicted molar refractivity (Wildman–Crippen MR) is 136 cm³/mol. The van der Waals surface area contributed by atoms with Crippen LogP contribution in [0.4, 0.5) is 0 Å². The van der Waals surface area contributed by atoms with Gasteiger partial charge in [-0.1, -0.05) is 21.8 Å². The zero-order valence-electron chi connectivity index (χ0n) is 21.0. The molecule has 0 unspecified atom stereocenters. The van der Waals surface area contributed by atoms with E-state index in [0.717, 1.165) is 6.42 Å². The van der Waals surface area contributed by atoms with Crippen molar-refractivity contribution in [2.75, 3.05) is 34.0 Å². The van der Waals surface area contributed by atoms with Gasteiger partial charge in [-0.3, -0.25) is 0 Å². The van der Waals surface area contributed by atoms with Crippen LogP contribution in [0.1, 0.15) is 47.5 Å². The smallest absolute Gasteiger partial charge is 0.160 e. The van der Waals surface area contributed by atoms with Crippen LogP contribution in [0, 0.1) is 0 Å². The average Bonchev–Trinajstić information content (AvgIpc) is 3.70. The molecule has 38 heavy (non-hydrogen) atoms. The zero-order valence-corrected chi connectivity index (χ0v) is 21.0. The molecule has 0 aromatic carbocycles. The lowest BCUT2D eigenvalue weighted by Crippen LogP contribution is -2.26. The molecule has 6 N–H and O–H groups in total. The van der Waals surface area contributed by atoms with E-state index in [-0.39, 0.29) is 71.4 Å². The lowest BCUT2D eigenvalue weighted by molar-refractivity contribution is -0.127. The molecule has 5 aliphatic rings. The second-order valence-electron chi connectivity index (χ2n) is 8.79. The van der Waals surface area contributed by atoms with Gasteiger partial charge in [-0.25, -0.2) is 0 Å². The molecule has 11 atom stereocenters. The summed E-state index contributed by atoms with van der Waals surface area (Å²) < 4.78 is 35.0. The normalized spacial score (nSPS) is 39.9. The van der Waals surface area contributed by atoms with E-state index < -0.39 is 24.4 Å². The third-order valence-corrected chi connectivity index (χ3v) is 6.21. The van der Waals surface area contributed by atoms with Crippen LogP contribution in [0.2, 0.25) is 0 Å². The van der Waals surface area contributed by atoms with Gasteiger partial charge in [0, 0.05) is 33.5 Å². The maximum absolute atomic E-state index is 9.29. The van der Waals surface area contributed by atoms with E-state index >= 15 is 0 Å². The molecular formula is C25H50O13. The van der Waals surface area contributed by atoms with Gasteiger partial charge in [0.25, 0.3) is 0 Å². The van der Waals surface area contributed by atoms with Crippen LogP contribution < -0.4 is 0 Å². The van der Waals surface area contributed by atoms with Crippen molar-refractivity contribution in [2.45, 2.75) is 115 Å². The molecule has 5 rings (SSSR count). The van der Waals surface area contributed by atoms with Crippen molar-refractivity contribution < 1.29 is 63.8 Å². The zero-order chi connectivity index (χ0) is 26.7. The molecule has 4 saturated heterocycles. The fourth-order valence-electron chi connectivity index (χ4n) is 3.95. The summed E-state index contributed by atoms with van der Waals surface area (Å²) in [6.45, 7) is 2.28. The highest BCUT2D eigenvalue weighted by atomic mass is 16.7. The summed E-state index contributed by atoms with van der Waals surface area (Å²) in [5.41, 5.74) is 0. The van der Waals surface area contributed by atoms with Gasteiger partial charge in [0.2, 0.25) is 0 Å². The van der Waals surface area contributed by atoms with Crippen LogP contribution in [-0.4, -0.2) is 132 Å². The average molecular weight is 559 g/mol. The largest absolute Gasteiger partial charge is 0.493 e. The molecule has 5 aliphatic heterocycles. The van der Waals surface area contributed by atoms with Gasteiger partial charge in [0.15, 0.2) is 25.0 Å². The Kier molecular flexibility index (Phi) is 18.7. The Morgan fingerprint density at radius 1 is 0.763 bits per heavy atom. The molecule has 13 nitrogen and oxygen atoms in total. The second kappa shape index (κ2) is 19.2. The summed E-state index contributed by atoms with van der Waals surface area (Å²) in [7, 11) is 3.10. The first kappa shape index (κ1) is 37.1. The van der Waals surface area contributed by atoms with Crippen molar-refractivity contribution in [1.29, 1.82) is 0 Å². The standard InChI is InChI=1S/C7H14O3.C6H12O4.2C5H8O3.2CH4/c1-3-6-5(8)4-7(9-2)10-6;1-9-6-2-4(8)5(3-7)10-6;6-3-1-5-7-2-4(3)8-5;6-3-5-4(7)1-2-8-5;;/h5-8H,3-4H2,1-2H3;4-8H,2-3H2,1H3;3-6H,1-2H2;1-2,4-7H,3H2;2*1H4/t5-,6-,7-;4-,5-,6-;3-,4-,5-;4-,5-;;/m0000../s1. The van der Waals surface area contributed by atoms with E-state index in [0.29, 0.717) is 25.9 Å². The van der Waals surface area contributed by atoms with E-state index in [1.54, 1.807) is 7.11 Å². The van der Waals surface area contributed by atoms with Crippen molar-refractivity contribution in [1.82, 2.24) is 0 Å². The molecule has 0 aromatic heterocycles. The van der Waals surface area contributed by atoms with E-state index in [1.807, 2.05) is 6.92 Å². The monoisotopic (exact) mass is 558 g/mol. The number of rotatable bonds is 5. The van der Waals surface area contributed by atoms with Crippen molar-refractivity contribution in [2.24, 2.45) is 0 Å². The SMILES string of the molecule is C.C.CC[C@@H]1O[C@H](OC)C[C@@H]1O.CO[C@@H]1C[C@H](O)[C@H](CO)O1.OC[C@@H]1OC=C[C@@H]1O.O[C@H]1C[C@H]2OC[C@@H]1O2. The van der Waals surface area contributed by atoms with Gasteiger partial charge >= 0.3 is 0 Å². The molecule has 4 fully saturated rings. The van der Waals surface area contributed by atoms with Crippen molar-refractivity contribution in [3.05, 3.63) is 12.3 Å². The second-order valence-corrected chi connectivity index (χ2v) is 8.79. The first-order valence-electron chi connectivity index (χ1n) is 12.2. The van der Waals surface area contributed by atoms with Crippen molar-refractivity contribution >= 4 is 0 Å². The van der Waals surface area contributed by atoms with E-state index in [9.17, 15) is 5.11 Å². The van der Waals surface area contributed by atoms with Gasteiger partial charge in [-0.2, -0.15) is 0 Å². The molecule has 0 saturated carbocycles. The number of methoxy groups -OCH3 is 2. The number of ether oxygens (including phenoxy) is 7. The summed E-state index contributed by atoms with van der Waals surface area (Å²) in [6, 6.07) is 0. The number of aliphatic hydroxyl groups is 6. The fraction of sp³-hybridized carbons (Fsp3) is 0.920. The summed E-state index contributed by atoms with van der Waals surface area (Å²) in [6.07, 6.45) is 2.03. The molecule has 228 valence electrons. The molecule has 2 bridgehead atoms. The van der Waals surface area contributed by atoms with Gasteiger partial charge in [0.1, 0.15) is 18.3 Å². The molecule has 0 aliphatic carbocycles. The summed E-state index contributed by atoms with van der Waals surface area (Å²) in [5, 5.41) is 53.3. The Labute approximate surface area is 225 Å². The molecule has 0 amide bonds. The molecule has 13 heteroatoms. The van der Waals surface area contributed by atoms with Gasteiger partial charge < -0.3 is 63.8 Å². The Balaban J connectivity index is 0.000000474. The number of hydrogen-bond donors (Lipinski definition) is 6. The van der Waals surface area contributed by atoms with Crippen LogP contribution in [0.15, 0.2) is 12.3 Å². The maximum Gasteiger partial charge on any atom is 0.160 e. The quantitative estimate of drug-likeness (QED) is 0.257. The Hall–Kier alpha value is -0.940. The highest BCUT2D eigenvalue weighted by Gasteiger charge is 2.40. The van der Waals surface area contributed by atoms with E-state index in [1.165, 1.54) is 19.4 Å². The van der Waals surface area contributed by atoms with Gasteiger partial charge in [0.05, 0.1) is 50.5 Å². The molecule has 0 radical (unpaired) electrons. The Morgan fingerprint density at radius 2 is 1.32 bits per heavy atom. The highest BCUT2D eigenvalue weighted by molar-refractivity contribution is 4.95. The first-order chi connectivity index (χ1) is 17.3. The lowest BCUT2D eigenvalue weighted by atomic mass is 10.1. The lowest BCUT2D eigenvalue weighted by Gasteiger charge is -2.10. The third-order valence-electron chi connectivity index (χ3n) is 6.21. The summed E-state index contributed by atoms with van der Waals surface area (Å²) in [5.74, 6) is 0. The predicted octanol–water partition coefficient (Wildman–Crippen LogP) is -0.363. The van der Waals surface area contributed by atoms with E-state index in [2.05, 4.69) is 0 Å². The van der Waals surface area contributed by atoms with E-state index in [4.69, 9.17) is 58.7 Å². The minimum atomic E-state index is -0.625.